The van der Waals surface area contributed by atoms with Crippen molar-refractivity contribution in [1.29, 1.82) is 0 Å². The quantitative estimate of drug-likeness (QED) is 0.913. The van der Waals surface area contributed by atoms with Gasteiger partial charge in [-0.05, 0) is 36.5 Å². The van der Waals surface area contributed by atoms with Crippen molar-refractivity contribution >= 4 is 11.8 Å². The summed E-state index contributed by atoms with van der Waals surface area (Å²) in [6, 6.07) is 5.68. The van der Waals surface area contributed by atoms with Crippen LogP contribution in [0.25, 0.3) is 0 Å². The van der Waals surface area contributed by atoms with Crippen LogP contribution in [0.5, 0.6) is 0 Å². The number of carbonyl (C=O) groups is 2. The van der Waals surface area contributed by atoms with Crippen molar-refractivity contribution in [2.24, 2.45) is 5.92 Å². The number of rotatable bonds is 3. The second-order valence-electron chi connectivity index (χ2n) is 5.85. The number of nitrogens with zero attached hydrogens (tertiary/aromatic N) is 1. The van der Waals surface area contributed by atoms with E-state index in [0.29, 0.717) is 6.54 Å². The van der Waals surface area contributed by atoms with Crippen molar-refractivity contribution in [3.8, 4) is 0 Å². The summed E-state index contributed by atoms with van der Waals surface area (Å²) in [5.74, 6) is 0.0454. The maximum absolute atomic E-state index is 12.5. The minimum Gasteiger partial charge on any atom is -0.343 e. The van der Waals surface area contributed by atoms with Crippen LogP contribution in [0.15, 0.2) is 18.2 Å². The van der Waals surface area contributed by atoms with E-state index >= 15 is 0 Å². The number of aryl methyl sites for hydroxylation is 2. The molecule has 0 saturated carbocycles. The van der Waals surface area contributed by atoms with Gasteiger partial charge < -0.3 is 10.2 Å². The van der Waals surface area contributed by atoms with Gasteiger partial charge in [0.1, 0.15) is 6.04 Å². The molecule has 1 aliphatic rings. The minimum absolute atomic E-state index is 0.0160. The molecule has 1 aromatic carbocycles. The van der Waals surface area contributed by atoms with Crippen LogP contribution in [0, 0.1) is 19.8 Å². The summed E-state index contributed by atoms with van der Waals surface area (Å²) < 4.78 is 0. The fraction of sp³-hybridized carbons (Fsp3) is 0.500. The van der Waals surface area contributed by atoms with Gasteiger partial charge in [-0.3, -0.25) is 9.59 Å². The Labute approximate surface area is 120 Å². The molecule has 1 N–H and O–H groups in total. The van der Waals surface area contributed by atoms with Crippen molar-refractivity contribution in [3.05, 3.63) is 34.9 Å². The number of carbonyl (C=O) groups excluding carboxylic acids is 2. The van der Waals surface area contributed by atoms with E-state index in [1.165, 1.54) is 0 Å². The Hall–Kier alpha value is -1.84. The average Bonchev–Trinajstić information content (AvgIpc) is 2.37. The number of hydrogen-bond acceptors (Lipinski definition) is 2. The monoisotopic (exact) mass is 274 g/mol. The number of benzene rings is 1. The topological polar surface area (TPSA) is 49.4 Å². The lowest BCUT2D eigenvalue weighted by atomic mass is 9.98. The van der Waals surface area contributed by atoms with Gasteiger partial charge in [0.25, 0.3) is 0 Å². The maximum atomic E-state index is 12.5. The van der Waals surface area contributed by atoms with E-state index < -0.39 is 6.04 Å². The Bertz CT molecular complexity index is 517. The number of nitrogens with one attached hydrogen (secondary N) is 1. The predicted octanol–water partition coefficient (Wildman–Crippen LogP) is 1.79. The molecule has 1 unspecified atom stereocenters. The Morgan fingerprint density at radius 2 is 1.85 bits per heavy atom. The first kappa shape index (κ1) is 14.6. The molecule has 108 valence electrons. The van der Waals surface area contributed by atoms with Crippen LogP contribution in [0.2, 0.25) is 0 Å². The van der Waals surface area contributed by atoms with Gasteiger partial charge in [0.2, 0.25) is 11.8 Å². The van der Waals surface area contributed by atoms with Gasteiger partial charge in [0.05, 0.1) is 6.54 Å². The highest BCUT2D eigenvalue weighted by molar-refractivity contribution is 5.95. The molecule has 20 heavy (non-hydrogen) atoms. The molecule has 1 fully saturated rings. The minimum atomic E-state index is -0.402. The first-order valence-electron chi connectivity index (χ1n) is 7.03. The molecule has 0 radical (unpaired) electrons. The molecule has 2 amide bonds. The molecule has 0 aliphatic carbocycles. The maximum Gasteiger partial charge on any atom is 0.246 e. The van der Waals surface area contributed by atoms with E-state index in [2.05, 4.69) is 5.32 Å². The Balaban J connectivity index is 2.24. The van der Waals surface area contributed by atoms with E-state index in [0.717, 1.165) is 16.7 Å². The van der Waals surface area contributed by atoms with Gasteiger partial charge in [-0.15, -0.1) is 0 Å². The van der Waals surface area contributed by atoms with Crippen molar-refractivity contribution in [2.45, 2.75) is 40.3 Å². The van der Waals surface area contributed by atoms with Crippen LogP contribution >= 0.6 is 0 Å². The van der Waals surface area contributed by atoms with Gasteiger partial charge in [-0.2, -0.15) is 0 Å². The van der Waals surface area contributed by atoms with Crippen LogP contribution < -0.4 is 5.32 Å². The zero-order valence-corrected chi connectivity index (χ0v) is 12.6. The van der Waals surface area contributed by atoms with Gasteiger partial charge in [0, 0.05) is 6.54 Å². The highest BCUT2D eigenvalue weighted by Crippen LogP contribution is 2.19. The molecule has 1 atom stereocenters. The van der Waals surface area contributed by atoms with E-state index in [1.54, 1.807) is 4.90 Å². The third-order valence-corrected chi connectivity index (χ3v) is 3.89. The largest absolute Gasteiger partial charge is 0.343 e. The lowest BCUT2D eigenvalue weighted by Crippen LogP contribution is -2.59. The highest BCUT2D eigenvalue weighted by Gasteiger charge is 2.34. The van der Waals surface area contributed by atoms with Crippen LogP contribution in [-0.4, -0.2) is 29.3 Å². The van der Waals surface area contributed by atoms with Crippen molar-refractivity contribution in [1.82, 2.24) is 10.2 Å². The Morgan fingerprint density at radius 3 is 2.40 bits per heavy atom. The molecule has 1 aromatic rings. The molecule has 0 aromatic heterocycles. The zero-order valence-electron chi connectivity index (χ0n) is 12.6. The van der Waals surface area contributed by atoms with Crippen LogP contribution in [0.3, 0.4) is 0 Å². The van der Waals surface area contributed by atoms with Crippen LogP contribution in [-0.2, 0) is 16.1 Å². The summed E-state index contributed by atoms with van der Waals surface area (Å²) in [6.07, 6.45) is 0. The van der Waals surface area contributed by atoms with Gasteiger partial charge in [-0.25, -0.2) is 0 Å². The molecule has 0 bridgehead atoms. The number of piperazine rings is 1. The number of hydrogen-bond donors (Lipinski definition) is 1. The van der Waals surface area contributed by atoms with Crippen molar-refractivity contribution in [2.75, 3.05) is 6.54 Å². The first-order chi connectivity index (χ1) is 9.40. The second kappa shape index (κ2) is 5.65. The molecule has 1 heterocycles. The average molecular weight is 274 g/mol. The lowest BCUT2D eigenvalue weighted by Gasteiger charge is -2.35. The third kappa shape index (κ3) is 2.84. The molecular weight excluding hydrogens is 252 g/mol. The Morgan fingerprint density at radius 1 is 1.25 bits per heavy atom. The molecule has 4 nitrogen and oxygen atoms in total. The molecule has 2 rings (SSSR count). The molecular formula is C16H22N2O2. The van der Waals surface area contributed by atoms with Gasteiger partial charge in [0.15, 0.2) is 0 Å². The van der Waals surface area contributed by atoms with Crippen molar-refractivity contribution in [3.63, 3.8) is 0 Å². The van der Waals surface area contributed by atoms with E-state index in [1.807, 2.05) is 45.9 Å². The first-order valence-corrected chi connectivity index (χ1v) is 7.03. The number of amides is 2. The summed E-state index contributed by atoms with van der Waals surface area (Å²) in [7, 11) is 0. The standard InChI is InChI=1S/C16H22N2O2/c1-10(2)15-16(20)18(9-14(19)17-15)8-13-11(3)6-5-7-12(13)4/h5-7,10,15H,8-9H2,1-4H3,(H,17,19). The summed E-state index contributed by atoms with van der Waals surface area (Å²) in [4.78, 5) is 25.9. The second-order valence-corrected chi connectivity index (χ2v) is 5.85. The smallest absolute Gasteiger partial charge is 0.246 e. The Kier molecular flexibility index (Phi) is 4.12. The summed E-state index contributed by atoms with van der Waals surface area (Å²) in [5, 5.41) is 2.78. The third-order valence-electron chi connectivity index (χ3n) is 3.89. The highest BCUT2D eigenvalue weighted by atomic mass is 16.2. The molecule has 1 aliphatic heterocycles. The zero-order chi connectivity index (χ0) is 14.9. The molecule has 1 saturated heterocycles. The van der Waals surface area contributed by atoms with Crippen LogP contribution in [0.4, 0.5) is 0 Å². The van der Waals surface area contributed by atoms with Crippen molar-refractivity contribution < 1.29 is 9.59 Å². The van der Waals surface area contributed by atoms with E-state index in [-0.39, 0.29) is 24.3 Å². The summed E-state index contributed by atoms with van der Waals surface area (Å²) >= 11 is 0. The summed E-state index contributed by atoms with van der Waals surface area (Å²) in [5.41, 5.74) is 3.45. The van der Waals surface area contributed by atoms with E-state index in [9.17, 15) is 9.59 Å². The van der Waals surface area contributed by atoms with E-state index in [4.69, 9.17) is 0 Å². The predicted molar refractivity (Wildman–Crippen MR) is 78.1 cm³/mol. The lowest BCUT2D eigenvalue weighted by molar-refractivity contribution is -0.146. The van der Waals surface area contributed by atoms with Crippen LogP contribution in [0.1, 0.15) is 30.5 Å². The molecule has 0 spiro atoms. The SMILES string of the molecule is Cc1cccc(C)c1CN1CC(=O)NC(C(C)C)C1=O. The fourth-order valence-electron chi connectivity index (χ4n) is 2.60. The molecule has 4 heteroatoms. The fourth-order valence-corrected chi connectivity index (χ4v) is 2.60. The van der Waals surface area contributed by atoms with Gasteiger partial charge in [-0.1, -0.05) is 32.0 Å². The summed E-state index contributed by atoms with van der Waals surface area (Å²) in [6.45, 7) is 8.63. The van der Waals surface area contributed by atoms with Gasteiger partial charge >= 0.3 is 0 Å². The normalized spacial score (nSPS) is 19.4.